The van der Waals surface area contributed by atoms with E-state index in [2.05, 4.69) is 10.6 Å². The molecule has 0 unspecified atom stereocenters. The van der Waals surface area contributed by atoms with Crippen molar-refractivity contribution in [3.05, 3.63) is 0 Å². The van der Waals surface area contributed by atoms with Crippen LogP contribution in [0.25, 0.3) is 0 Å². The van der Waals surface area contributed by atoms with Gasteiger partial charge in [0.15, 0.2) is 0 Å². The lowest BCUT2D eigenvalue weighted by atomic mass is 9.85. The van der Waals surface area contributed by atoms with E-state index in [9.17, 15) is 4.79 Å². The normalized spacial score (nSPS) is 20.4. The van der Waals surface area contributed by atoms with Crippen LogP contribution in [0.4, 0.5) is 0 Å². The maximum absolute atomic E-state index is 10.4. The summed E-state index contributed by atoms with van der Waals surface area (Å²) >= 11 is 0. The molecule has 2 N–H and O–H groups in total. The lowest BCUT2D eigenvalue weighted by Crippen LogP contribution is -2.38. The Labute approximate surface area is 86.6 Å². The van der Waals surface area contributed by atoms with Crippen molar-refractivity contribution in [2.24, 2.45) is 5.92 Å². The lowest BCUT2D eigenvalue weighted by molar-refractivity contribution is -0.110. The van der Waals surface area contributed by atoms with Crippen LogP contribution < -0.4 is 10.6 Å². The minimum Gasteiger partial charge on any atom is -0.355 e. The van der Waals surface area contributed by atoms with Crippen LogP contribution in [0, 0.1) is 5.92 Å². The summed E-state index contributed by atoms with van der Waals surface area (Å²) in [4.78, 5) is 10.4. The molecule has 1 atom stereocenters. The smallest absolute Gasteiger partial charge is 0.207 e. The molecule has 1 aliphatic carbocycles. The third-order valence-electron chi connectivity index (χ3n) is 3.10. The van der Waals surface area contributed by atoms with E-state index in [4.69, 9.17) is 0 Å². The Morgan fingerprint density at radius 3 is 2.64 bits per heavy atom. The van der Waals surface area contributed by atoms with Gasteiger partial charge in [0.25, 0.3) is 0 Å². The summed E-state index contributed by atoms with van der Waals surface area (Å²) in [6, 6.07) is 0.320. The molecule has 0 radical (unpaired) electrons. The number of rotatable bonds is 6. The van der Waals surface area contributed by atoms with Crippen LogP contribution in [-0.4, -0.2) is 26.0 Å². The van der Waals surface area contributed by atoms with Crippen LogP contribution in [0.15, 0.2) is 0 Å². The van der Waals surface area contributed by atoms with E-state index in [0.717, 1.165) is 25.3 Å². The second-order valence-corrected chi connectivity index (χ2v) is 4.28. The summed E-state index contributed by atoms with van der Waals surface area (Å²) in [6.45, 7) is 0.884. The molecule has 0 aromatic rings. The molecule has 3 nitrogen and oxygen atoms in total. The van der Waals surface area contributed by atoms with E-state index >= 15 is 0 Å². The average molecular weight is 198 g/mol. The highest BCUT2D eigenvalue weighted by molar-refractivity contribution is 5.46. The van der Waals surface area contributed by atoms with Gasteiger partial charge in [-0.3, -0.25) is 4.79 Å². The SMILES string of the molecule is CNC[C@H](CC1CCCCC1)NC=O. The number of carbonyl (C=O) groups is 1. The number of carbonyl (C=O) groups excluding carboxylic acids is 1. The van der Waals surface area contributed by atoms with E-state index in [-0.39, 0.29) is 0 Å². The molecule has 0 spiro atoms. The van der Waals surface area contributed by atoms with Crippen LogP contribution in [0.1, 0.15) is 38.5 Å². The first kappa shape index (κ1) is 11.5. The Bertz CT molecular complexity index is 155. The fourth-order valence-corrected chi connectivity index (χ4v) is 2.38. The van der Waals surface area contributed by atoms with E-state index in [1.807, 2.05) is 7.05 Å². The maximum atomic E-state index is 10.4. The maximum Gasteiger partial charge on any atom is 0.207 e. The molecule has 3 heteroatoms. The Morgan fingerprint density at radius 1 is 1.36 bits per heavy atom. The Kier molecular flexibility index (Phi) is 5.60. The van der Waals surface area contributed by atoms with Crippen molar-refractivity contribution < 1.29 is 4.79 Å². The van der Waals surface area contributed by atoms with Crippen molar-refractivity contribution >= 4 is 6.41 Å². The zero-order valence-corrected chi connectivity index (χ0v) is 9.09. The second kappa shape index (κ2) is 6.82. The summed E-state index contributed by atoms with van der Waals surface area (Å²) < 4.78 is 0. The van der Waals surface area contributed by atoms with E-state index < -0.39 is 0 Å². The van der Waals surface area contributed by atoms with E-state index in [1.165, 1.54) is 32.1 Å². The van der Waals surface area contributed by atoms with Crippen molar-refractivity contribution in [3.63, 3.8) is 0 Å². The summed E-state index contributed by atoms with van der Waals surface area (Å²) in [5, 5.41) is 6.01. The molecule has 82 valence electrons. The number of amides is 1. The monoisotopic (exact) mass is 198 g/mol. The summed E-state index contributed by atoms with van der Waals surface area (Å²) in [6.07, 6.45) is 8.80. The van der Waals surface area contributed by atoms with Crippen molar-refractivity contribution in [2.45, 2.75) is 44.6 Å². The first-order chi connectivity index (χ1) is 6.86. The lowest BCUT2D eigenvalue weighted by Gasteiger charge is -2.26. The van der Waals surface area contributed by atoms with Crippen LogP contribution in [0.3, 0.4) is 0 Å². The molecular formula is C11H22N2O. The molecule has 14 heavy (non-hydrogen) atoms. The van der Waals surface area contributed by atoms with Crippen molar-refractivity contribution in [1.82, 2.24) is 10.6 Å². The third-order valence-corrected chi connectivity index (χ3v) is 3.10. The van der Waals surface area contributed by atoms with Gasteiger partial charge >= 0.3 is 0 Å². The Hall–Kier alpha value is -0.570. The minimum absolute atomic E-state index is 0.320. The molecule has 1 fully saturated rings. The van der Waals surface area contributed by atoms with Gasteiger partial charge in [0.2, 0.25) is 6.41 Å². The standard InChI is InChI=1S/C11H22N2O/c1-12-8-11(13-9-14)7-10-5-3-2-4-6-10/h9-12H,2-8H2,1H3,(H,13,14)/t11-/m0/s1. The Morgan fingerprint density at radius 2 is 2.07 bits per heavy atom. The van der Waals surface area contributed by atoms with Crippen molar-refractivity contribution in [3.8, 4) is 0 Å². The molecule has 0 heterocycles. The zero-order valence-electron chi connectivity index (χ0n) is 9.09. The molecule has 0 saturated heterocycles. The first-order valence-electron chi connectivity index (χ1n) is 5.71. The molecule has 1 saturated carbocycles. The predicted octanol–water partition coefficient (Wildman–Crippen LogP) is 1.29. The van der Waals surface area contributed by atoms with Gasteiger partial charge in [-0.15, -0.1) is 0 Å². The molecule has 0 aromatic heterocycles. The highest BCUT2D eigenvalue weighted by atomic mass is 16.1. The van der Waals surface area contributed by atoms with Gasteiger partial charge in [-0.25, -0.2) is 0 Å². The number of nitrogens with one attached hydrogen (secondary N) is 2. The number of hydrogen-bond donors (Lipinski definition) is 2. The largest absolute Gasteiger partial charge is 0.355 e. The highest BCUT2D eigenvalue weighted by Crippen LogP contribution is 2.27. The zero-order chi connectivity index (χ0) is 10.2. The van der Waals surface area contributed by atoms with Crippen molar-refractivity contribution in [1.29, 1.82) is 0 Å². The van der Waals surface area contributed by atoms with Gasteiger partial charge in [-0.2, -0.15) is 0 Å². The Balaban J connectivity index is 2.25. The quantitative estimate of drug-likeness (QED) is 0.631. The second-order valence-electron chi connectivity index (χ2n) is 4.28. The predicted molar refractivity (Wildman–Crippen MR) is 58.1 cm³/mol. The van der Waals surface area contributed by atoms with Crippen LogP contribution in [0.2, 0.25) is 0 Å². The summed E-state index contributed by atoms with van der Waals surface area (Å²) in [5.41, 5.74) is 0. The van der Waals surface area contributed by atoms with E-state index in [0.29, 0.717) is 6.04 Å². The summed E-state index contributed by atoms with van der Waals surface area (Å²) in [5.74, 6) is 0.828. The number of hydrogen-bond acceptors (Lipinski definition) is 2. The van der Waals surface area contributed by atoms with Gasteiger partial charge in [0, 0.05) is 12.6 Å². The third kappa shape index (κ3) is 4.09. The number of likely N-dealkylation sites (N-methyl/N-ethyl adjacent to an activating group) is 1. The fourth-order valence-electron chi connectivity index (χ4n) is 2.38. The average Bonchev–Trinajstić information content (AvgIpc) is 2.20. The molecule has 0 aliphatic heterocycles. The molecule has 1 rings (SSSR count). The topological polar surface area (TPSA) is 41.1 Å². The molecule has 1 aliphatic rings. The molecule has 0 bridgehead atoms. The van der Waals surface area contributed by atoms with Crippen LogP contribution >= 0.6 is 0 Å². The van der Waals surface area contributed by atoms with Gasteiger partial charge in [-0.05, 0) is 19.4 Å². The first-order valence-corrected chi connectivity index (χ1v) is 5.71. The molecule has 0 aromatic carbocycles. The van der Waals surface area contributed by atoms with Gasteiger partial charge in [0.1, 0.15) is 0 Å². The van der Waals surface area contributed by atoms with Crippen molar-refractivity contribution in [2.75, 3.05) is 13.6 Å². The van der Waals surface area contributed by atoms with E-state index in [1.54, 1.807) is 0 Å². The van der Waals surface area contributed by atoms with Gasteiger partial charge < -0.3 is 10.6 Å². The molecular weight excluding hydrogens is 176 g/mol. The van der Waals surface area contributed by atoms with Crippen LogP contribution in [0.5, 0.6) is 0 Å². The summed E-state index contributed by atoms with van der Waals surface area (Å²) in [7, 11) is 1.93. The van der Waals surface area contributed by atoms with Crippen LogP contribution in [-0.2, 0) is 4.79 Å². The highest BCUT2D eigenvalue weighted by Gasteiger charge is 2.17. The minimum atomic E-state index is 0.320. The van der Waals surface area contributed by atoms with Gasteiger partial charge in [-0.1, -0.05) is 32.1 Å². The molecule has 1 amide bonds. The fraction of sp³-hybridized carbons (Fsp3) is 0.909. The van der Waals surface area contributed by atoms with Gasteiger partial charge in [0.05, 0.1) is 0 Å².